The standard InChI is InChI=1S/C25H25NO/c1-17-4-3-5-18(2)24(17)26-16-23-21-12-10-19-6-8-20(9-7-19)11-13-22(15-14-21)25(23)27/h3-9,14-16,27H,10-13H2,1-2H3. The molecule has 4 aliphatic rings. The van der Waals surface area contributed by atoms with Crippen LogP contribution in [-0.4, -0.2) is 11.3 Å². The Morgan fingerprint density at radius 1 is 0.741 bits per heavy atom. The molecule has 0 unspecified atom stereocenters. The van der Waals surface area contributed by atoms with E-state index in [1.165, 1.54) is 11.1 Å². The van der Waals surface area contributed by atoms with E-state index >= 15 is 0 Å². The summed E-state index contributed by atoms with van der Waals surface area (Å²) in [6.45, 7) is 4.15. The molecule has 2 nitrogen and oxygen atoms in total. The minimum Gasteiger partial charge on any atom is -0.507 e. The van der Waals surface area contributed by atoms with Crippen LogP contribution in [0.5, 0.6) is 5.75 Å². The number of aliphatic imine (C=N–C) groups is 1. The van der Waals surface area contributed by atoms with Crippen LogP contribution in [0.25, 0.3) is 0 Å². The lowest BCUT2D eigenvalue weighted by molar-refractivity contribution is 0.466. The predicted octanol–water partition coefficient (Wildman–Crippen LogP) is 5.64. The Hall–Kier alpha value is -2.87. The first-order valence-corrected chi connectivity index (χ1v) is 9.63. The minimum atomic E-state index is 0.387. The molecule has 0 aliphatic heterocycles. The molecule has 0 saturated carbocycles. The Bertz CT molecular complexity index is 979. The summed E-state index contributed by atoms with van der Waals surface area (Å²) in [6.07, 6.45) is 5.47. The first-order valence-electron chi connectivity index (χ1n) is 9.63. The van der Waals surface area contributed by atoms with E-state index in [0.717, 1.165) is 59.2 Å². The van der Waals surface area contributed by atoms with Crippen LogP contribution < -0.4 is 0 Å². The summed E-state index contributed by atoms with van der Waals surface area (Å²) in [7, 11) is 0. The predicted molar refractivity (Wildman–Crippen MR) is 113 cm³/mol. The lowest BCUT2D eigenvalue weighted by Crippen LogP contribution is -2.03. The van der Waals surface area contributed by atoms with E-state index < -0.39 is 0 Å². The summed E-state index contributed by atoms with van der Waals surface area (Å²) in [5, 5.41) is 11.0. The molecule has 2 heteroatoms. The van der Waals surface area contributed by atoms with Crippen molar-refractivity contribution in [2.24, 2.45) is 4.99 Å². The van der Waals surface area contributed by atoms with Crippen molar-refractivity contribution in [3.8, 4) is 5.75 Å². The van der Waals surface area contributed by atoms with Gasteiger partial charge in [0, 0.05) is 11.8 Å². The van der Waals surface area contributed by atoms with Gasteiger partial charge < -0.3 is 5.11 Å². The van der Waals surface area contributed by atoms with Crippen molar-refractivity contribution in [3.63, 3.8) is 0 Å². The molecular weight excluding hydrogens is 330 g/mol. The SMILES string of the molecule is Cc1cccc(C)c1N=Cc1c2ccc(c1O)CCc1ccc(cc1)CC2. The van der Waals surface area contributed by atoms with Gasteiger partial charge in [0.15, 0.2) is 0 Å². The van der Waals surface area contributed by atoms with Gasteiger partial charge in [-0.05, 0) is 72.9 Å². The van der Waals surface area contributed by atoms with E-state index in [9.17, 15) is 5.11 Å². The van der Waals surface area contributed by atoms with Crippen molar-refractivity contribution in [3.05, 3.63) is 93.5 Å². The maximum Gasteiger partial charge on any atom is 0.127 e. The number of phenolic OH excluding ortho intramolecular Hbond substituents is 1. The van der Waals surface area contributed by atoms with Gasteiger partial charge in [-0.3, -0.25) is 4.99 Å². The largest absolute Gasteiger partial charge is 0.507 e. The van der Waals surface area contributed by atoms with E-state index in [0.29, 0.717) is 5.75 Å². The zero-order chi connectivity index (χ0) is 18.8. The zero-order valence-electron chi connectivity index (χ0n) is 16.0. The molecule has 0 atom stereocenters. The maximum atomic E-state index is 11.0. The van der Waals surface area contributed by atoms with Gasteiger partial charge in [0.05, 0.1) is 5.69 Å². The Kier molecular flexibility index (Phi) is 4.81. The van der Waals surface area contributed by atoms with Crippen LogP contribution in [0.2, 0.25) is 0 Å². The summed E-state index contributed by atoms with van der Waals surface area (Å²) in [6, 6.07) is 19.3. The third-order valence-corrected chi connectivity index (χ3v) is 5.54. The second kappa shape index (κ2) is 7.40. The fourth-order valence-corrected chi connectivity index (χ4v) is 3.83. The number of aryl methyl sites for hydroxylation is 6. The molecule has 136 valence electrons. The summed E-state index contributed by atoms with van der Waals surface area (Å²) in [5.41, 5.74) is 8.94. The van der Waals surface area contributed by atoms with Gasteiger partial charge in [0.2, 0.25) is 0 Å². The van der Waals surface area contributed by atoms with Crippen LogP contribution >= 0.6 is 0 Å². The number of nitrogens with zero attached hydrogens (tertiary/aromatic N) is 1. The molecule has 4 aliphatic carbocycles. The summed E-state index contributed by atoms with van der Waals surface area (Å²) in [5.74, 6) is 0.387. The number of benzene rings is 3. The molecule has 3 aromatic carbocycles. The zero-order valence-corrected chi connectivity index (χ0v) is 16.0. The second-order valence-electron chi connectivity index (χ2n) is 7.46. The molecule has 0 amide bonds. The third kappa shape index (κ3) is 3.66. The van der Waals surface area contributed by atoms with E-state index in [2.05, 4.69) is 68.4 Å². The van der Waals surface area contributed by atoms with E-state index in [4.69, 9.17) is 4.99 Å². The third-order valence-electron chi connectivity index (χ3n) is 5.54. The Morgan fingerprint density at radius 3 is 1.93 bits per heavy atom. The van der Waals surface area contributed by atoms with Crippen molar-refractivity contribution in [2.75, 3.05) is 0 Å². The van der Waals surface area contributed by atoms with Crippen molar-refractivity contribution in [2.45, 2.75) is 39.5 Å². The molecule has 0 spiro atoms. The highest BCUT2D eigenvalue weighted by Gasteiger charge is 2.13. The smallest absolute Gasteiger partial charge is 0.127 e. The van der Waals surface area contributed by atoms with Gasteiger partial charge in [-0.1, -0.05) is 54.6 Å². The highest BCUT2D eigenvalue weighted by molar-refractivity contribution is 5.88. The van der Waals surface area contributed by atoms with Gasteiger partial charge >= 0.3 is 0 Å². The van der Waals surface area contributed by atoms with Gasteiger partial charge in [-0.2, -0.15) is 0 Å². The minimum absolute atomic E-state index is 0.387. The summed E-state index contributed by atoms with van der Waals surface area (Å²) < 4.78 is 0. The van der Waals surface area contributed by atoms with Crippen LogP contribution in [0.3, 0.4) is 0 Å². The molecular formula is C25H25NO. The van der Waals surface area contributed by atoms with Crippen LogP contribution in [0.4, 0.5) is 5.69 Å². The number of hydrogen-bond donors (Lipinski definition) is 1. The maximum absolute atomic E-state index is 11.0. The topological polar surface area (TPSA) is 32.6 Å². The first kappa shape index (κ1) is 17.5. The molecule has 0 fully saturated rings. The highest BCUT2D eigenvalue weighted by Crippen LogP contribution is 2.30. The number of para-hydroxylation sites is 1. The molecule has 7 rings (SSSR count). The normalized spacial score (nSPS) is 13.7. The van der Waals surface area contributed by atoms with Crippen LogP contribution in [0.1, 0.15) is 38.9 Å². The average Bonchev–Trinajstić information content (AvgIpc) is 2.65. The molecule has 0 saturated heterocycles. The van der Waals surface area contributed by atoms with Gasteiger partial charge in [0.1, 0.15) is 5.75 Å². The van der Waals surface area contributed by atoms with Gasteiger partial charge in [0.25, 0.3) is 0 Å². The lowest BCUT2D eigenvalue weighted by Gasteiger charge is -2.15. The quantitative estimate of drug-likeness (QED) is 0.593. The molecule has 0 radical (unpaired) electrons. The second-order valence-corrected chi connectivity index (χ2v) is 7.46. The number of aromatic hydroxyl groups is 1. The number of rotatable bonds is 2. The average molecular weight is 355 g/mol. The lowest BCUT2D eigenvalue weighted by atomic mass is 9.92. The molecule has 0 heterocycles. The van der Waals surface area contributed by atoms with Crippen molar-refractivity contribution in [1.29, 1.82) is 0 Å². The van der Waals surface area contributed by atoms with Crippen molar-refractivity contribution >= 4 is 11.9 Å². The van der Waals surface area contributed by atoms with E-state index in [-0.39, 0.29) is 0 Å². The molecule has 0 aromatic heterocycles. The van der Waals surface area contributed by atoms with Crippen LogP contribution in [-0.2, 0) is 25.7 Å². The molecule has 4 bridgehead atoms. The Labute approximate surface area is 161 Å². The molecule has 3 aromatic rings. The van der Waals surface area contributed by atoms with Gasteiger partial charge in [-0.15, -0.1) is 0 Å². The van der Waals surface area contributed by atoms with Crippen LogP contribution in [0.15, 0.2) is 59.6 Å². The number of phenols is 1. The first-order chi connectivity index (χ1) is 13.1. The Morgan fingerprint density at radius 2 is 1.30 bits per heavy atom. The highest BCUT2D eigenvalue weighted by atomic mass is 16.3. The van der Waals surface area contributed by atoms with Crippen molar-refractivity contribution in [1.82, 2.24) is 0 Å². The van der Waals surface area contributed by atoms with E-state index in [1.54, 1.807) is 0 Å². The Balaban J connectivity index is 1.76. The fraction of sp³-hybridized carbons (Fsp3) is 0.240. The molecule has 27 heavy (non-hydrogen) atoms. The van der Waals surface area contributed by atoms with Gasteiger partial charge in [-0.25, -0.2) is 0 Å². The fourth-order valence-electron chi connectivity index (χ4n) is 3.83. The monoisotopic (exact) mass is 355 g/mol. The molecule has 1 N–H and O–H groups in total. The summed E-state index contributed by atoms with van der Waals surface area (Å²) in [4.78, 5) is 4.76. The van der Waals surface area contributed by atoms with Crippen LogP contribution in [0, 0.1) is 13.8 Å². The summed E-state index contributed by atoms with van der Waals surface area (Å²) >= 11 is 0. The van der Waals surface area contributed by atoms with Crippen molar-refractivity contribution < 1.29 is 5.11 Å². The number of hydrogen-bond acceptors (Lipinski definition) is 2. The van der Waals surface area contributed by atoms with E-state index in [1.807, 2.05) is 6.21 Å².